The average Bonchev–Trinajstić information content (AvgIpc) is 3.17. The quantitative estimate of drug-likeness (QED) is 0.620. The van der Waals surface area contributed by atoms with Gasteiger partial charge in [-0.1, -0.05) is 13.3 Å². The highest BCUT2D eigenvalue weighted by Crippen LogP contribution is 2.26. The van der Waals surface area contributed by atoms with Gasteiger partial charge < -0.3 is 14.1 Å². The van der Waals surface area contributed by atoms with Crippen LogP contribution < -0.4 is 0 Å². The molecule has 0 unspecified atom stereocenters. The number of ether oxygens (including phenoxy) is 1. The number of nitrogens with zero attached hydrogens (tertiary/aromatic N) is 2. The molecule has 0 radical (unpaired) electrons. The molecule has 8 nitrogen and oxygen atoms in total. The lowest BCUT2D eigenvalue weighted by molar-refractivity contribution is -0.135. The van der Waals surface area contributed by atoms with Gasteiger partial charge in [-0.25, -0.2) is 13.2 Å². The summed E-state index contributed by atoms with van der Waals surface area (Å²) in [6.07, 6.45) is 2.92. The number of esters is 1. The van der Waals surface area contributed by atoms with Gasteiger partial charge in [0.05, 0.1) is 6.61 Å². The molecular formula is C18H28N2O6S. The molecule has 0 bridgehead atoms. The number of sulfonamides is 1. The normalized spacial score (nSPS) is 16.3. The van der Waals surface area contributed by atoms with E-state index in [0.717, 1.165) is 19.4 Å². The van der Waals surface area contributed by atoms with Crippen molar-refractivity contribution < 1.29 is 27.2 Å². The van der Waals surface area contributed by atoms with Crippen molar-refractivity contribution in [3.63, 3.8) is 0 Å². The lowest BCUT2D eigenvalue weighted by atomic mass is 9.96. The summed E-state index contributed by atoms with van der Waals surface area (Å²) >= 11 is 0. The minimum Gasteiger partial charge on any atom is -0.460 e. The monoisotopic (exact) mass is 400 g/mol. The van der Waals surface area contributed by atoms with Crippen LogP contribution >= 0.6 is 0 Å². The van der Waals surface area contributed by atoms with E-state index < -0.39 is 16.0 Å². The summed E-state index contributed by atoms with van der Waals surface area (Å²) in [5, 5.41) is -0.282. The molecular weight excluding hydrogens is 372 g/mol. The van der Waals surface area contributed by atoms with E-state index in [-0.39, 0.29) is 42.4 Å². The summed E-state index contributed by atoms with van der Waals surface area (Å²) in [6.45, 7) is 5.12. The Morgan fingerprint density at radius 2 is 1.93 bits per heavy atom. The fourth-order valence-corrected chi connectivity index (χ4v) is 4.44. The molecule has 0 N–H and O–H groups in total. The van der Waals surface area contributed by atoms with Crippen molar-refractivity contribution in [2.24, 2.45) is 5.92 Å². The van der Waals surface area contributed by atoms with Crippen LogP contribution in [0.25, 0.3) is 0 Å². The second kappa shape index (κ2) is 9.36. The Morgan fingerprint density at radius 3 is 2.52 bits per heavy atom. The number of rotatable bonds is 8. The summed E-state index contributed by atoms with van der Waals surface area (Å²) in [6, 6.07) is 2.56. The van der Waals surface area contributed by atoms with Gasteiger partial charge >= 0.3 is 5.97 Å². The van der Waals surface area contributed by atoms with Crippen LogP contribution in [0, 0.1) is 5.92 Å². The Bertz CT molecular complexity index is 750. The molecule has 0 saturated carbocycles. The Hall–Kier alpha value is -1.87. The van der Waals surface area contributed by atoms with Crippen LogP contribution in [0.4, 0.5) is 0 Å². The van der Waals surface area contributed by atoms with E-state index in [4.69, 9.17) is 9.15 Å². The lowest BCUT2D eigenvalue weighted by Gasteiger charge is -2.32. The zero-order valence-corrected chi connectivity index (χ0v) is 17.0. The van der Waals surface area contributed by atoms with Crippen LogP contribution in [0.5, 0.6) is 0 Å². The van der Waals surface area contributed by atoms with Gasteiger partial charge in [0.15, 0.2) is 0 Å². The Morgan fingerprint density at radius 1 is 1.26 bits per heavy atom. The molecule has 9 heteroatoms. The molecule has 0 atom stereocenters. The number of carbonyl (C=O) groups excluding carboxylic acids is 2. The minimum atomic E-state index is -3.84. The fourth-order valence-electron chi connectivity index (χ4n) is 3.06. The van der Waals surface area contributed by atoms with E-state index in [1.807, 2.05) is 0 Å². The van der Waals surface area contributed by atoms with Crippen molar-refractivity contribution in [2.45, 2.75) is 44.6 Å². The first-order valence-corrected chi connectivity index (χ1v) is 10.8. The topological polar surface area (TPSA) is 97.1 Å². The van der Waals surface area contributed by atoms with E-state index in [1.54, 1.807) is 18.9 Å². The molecule has 1 aliphatic heterocycles. The van der Waals surface area contributed by atoms with Crippen LogP contribution in [-0.4, -0.2) is 62.8 Å². The van der Waals surface area contributed by atoms with E-state index in [9.17, 15) is 18.0 Å². The fraction of sp³-hybridized carbons (Fsp3) is 0.667. The van der Waals surface area contributed by atoms with Crippen molar-refractivity contribution >= 4 is 21.9 Å². The number of hydrogen-bond acceptors (Lipinski definition) is 6. The van der Waals surface area contributed by atoms with Crippen LogP contribution in [0.1, 0.15) is 50.1 Å². The van der Waals surface area contributed by atoms with E-state index in [2.05, 4.69) is 6.92 Å². The number of amides is 1. The van der Waals surface area contributed by atoms with Crippen LogP contribution in [-0.2, 0) is 19.6 Å². The third-order valence-corrected chi connectivity index (χ3v) is 6.45. The van der Waals surface area contributed by atoms with Crippen molar-refractivity contribution in [3.8, 4) is 0 Å². The summed E-state index contributed by atoms with van der Waals surface area (Å²) in [5.74, 6) is -0.926. The molecule has 2 heterocycles. The third kappa shape index (κ3) is 5.10. The number of furan rings is 1. The van der Waals surface area contributed by atoms with Crippen LogP contribution in [0.3, 0.4) is 0 Å². The van der Waals surface area contributed by atoms with Crippen molar-refractivity contribution in [3.05, 3.63) is 17.9 Å². The maximum absolute atomic E-state index is 12.7. The first-order valence-electron chi connectivity index (χ1n) is 9.33. The smallest absolute Gasteiger partial charge is 0.374 e. The van der Waals surface area contributed by atoms with E-state index >= 15 is 0 Å². The maximum Gasteiger partial charge on any atom is 0.374 e. The van der Waals surface area contributed by atoms with Gasteiger partial charge in [0, 0.05) is 32.6 Å². The predicted molar refractivity (Wildman–Crippen MR) is 98.7 cm³/mol. The Kier molecular flexibility index (Phi) is 7.43. The predicted octanol–water partition coefficient (Wildman–Crippen LogP) is 2.12. The molecule has 27 heavy (non-hydrogen) atoms. The van der Waals surface area contributed by atoms with Gasteiger partial charge in [0.2, 0.25) is 16.8 Å². The first kappa shape index (κ1) is 21.4. The number of piperidine rings is 1. The van der Waals surface area contributed by atoms with Crippen LogP contribution in [0.15, 0.2) is 21.6 Å². The maximum atomic E-state index is 12.7. The molecule has 0 aliphatic carbocycles. The summed E-state index contributed by atoms with van der Waals surface area (Å²) in [7, 11) is -2.05. The molecule has 1 saturated heterocycles. The van der Waals surface area contributed by atoms with Gasteiger partial charge in [0.25, 0.3) is 10.0 Å². The SMILES string of the molecule is CCCCN(C)C(=O)C1CCN(S(=O)(=O)c2ccc(C(=O)OCC)o2)CC1. The molecule has 1 aliphatic rings. The van der Waals surface area contributed by atoms with Gasteiger partial charge in [-0.2, -0.15) is 4.31 Å². The van der Waals surface area contributed by atoms with Gasteiger partial charge in [-0.3, -0.25) is 4.79 Å². The Labute approximate surface area is 160 Å². The molecule has 1 aromatic rings. The summed E-state index contributed by atoms with van der Waals surface area (Å²) in [4.78, 5) is 25.8. The van der Waals surface area contributed by atoms with Crippen molar-refractivity contribution in [1.82, 2.24) is 9.21 Å². The number of unbranched alkanes of at least 4 members (excludes halogenated alkanes) is 1. The largest absolute Gasteiger partial charge is 0.460 e. The number of hydrogen-bond donors (Lipinski definition) is 0. The highest BCUT2D eigenvalue weighted by Gasteiger charge is 2.35. The average molecular weight is 400 g/mol. The second-order valence-electron chi connectivity index (χ2n) is 6.63. The highest BCUT2D eigenvalue weighted by molar-refractivity contribution is 7.89. The summed E-state index contributed by atoms with van der Waals surface area (Å²) < 4.78 is 36.7. The van der Waals surface area contributed by atoms with Crippen LogP contribution in [0.2, 0.25) is 0 Å². The lowest BCUT2D eigenvalue weighted by Crippen LogP contribution is -2.43. The molecule has 1 amide bonds. The van der Waals surface area contributed by atoms with Gasteiger partial charge in [-0.15, -0.1) is 0 Å². The van der Waals surface area contributed by atoms with Crippen molar-refractivity contribution in [1.29, 1.82) is 0 Å². The van der Waals surface area contributed by atoms with Gasteiger partial charge in [0.1, 0.15) is 0 Å². The molecule has 152 valence electrons. The zero-order chi connectivity index (χ0) is 20.0. The number of carbonyl (C=O) groups is 2. The zero-order valence-electron chi connectivity index (χ0n) is 16.1. The van der Waals surface area contributed by atoms with Gasteiger partial charge in [-0.05, 0) is 38.3 Å². The first-order chi connectivity index (χ1) is 12.8. The molecule has 0 aromatic carbocycles. The molecule has 0 spiro atoms. The molecule has 2 rings (SSSR count). The van der Waals surface area contributed by atoms with Crippen molar-refractivity contribution in [2.75, 3.05) is 33.3 Å². The third-order valence-electron chi connectivity index (χ3n) is 4.68. The Balaban J connectivity index is 1.98. The molecule has 1 aromatic heterocycles. The second-order valence-corrected chi connectivity index (χ2v) is 8.50. The summed E-state index contributed by atoms with van der Waals surface area (Å²) in [5.41, 5.74) is 0. The standard InChI is InChI=1S/C18H28N2O6S/c1-4-6-11-19(3)17(21)14-9-12-20(13-10-14)27(23,24)16-8-7-15(26-16)18(22)25-5-2/h7-8,14H,4-6,9-13H2,1-3H3. The van der Waals surface area contributed by atoms with E-state index in [0.29, 0.717) is 12.8 Å². The molecule has 1 fully saturated rings. The minimum absolute atomic E-state index is 0.0723. The highest BCUT2D eigenvalue weighted by atomic mass is 32.2. The van der Waals surface area contributed by atoms with E-state index in [1.165, 1.54) is 16.4 Å².